The molecule has 0 aliphatic heterocycles. The quantitative estimate of drug-likeness (QED) is 0.407. The van der Waals surface area contributed by atoms with Crippen molar-refractivity contribution in [3.05, 3.63) is 29.8 Å². The number of hydrogen-bond acceptors (Lipinski definition) is 2. The van der Waals surface area contributed by atoms with Gasteiger partial charge in [-0.2, -0.15) is 0 Å². The molecule has 1 aromatic rings. The molecule has 0 saturated heterocycles. The summed E-state index contributed by atoms with van der Waals surface area (Å²) < 4.78 is 5.28. The Balaban J connectivity index is 2.40. The molecule has 1 aromatic carbocycles. The normalized spacial score (nSPS) is 10.7. The van der Waals surface area contributed by atoms with Crippen molar-refractivity contribution < 1.29 is 9.53 Å². The maximum absolute atomic E-state index is 11.5. The fourth-order valence-electron chi connectivity index (χ4n) is 1.87. The lowest BCUT2D eigenvalue weighted by molar-refractivity contribution is -0.134. The number of esters is 1. The first-order chi connectivity index (χ1) is 8.61. The van der Waals surface area contributed by atoms with E-state index in [-0.39, 0.29) is 5.97 Å². The molecule has 0 radical (unpaired) electrons. The SMILES string of the molecule is CCCCCC(=O)Oc1ccc(CC(C)C)cc1. The van der Waals surface area contributed by atoms with Crippen LogP contribution in [0.5, 0.6) is 5.75 Å². The summed E-state index contributed by atoms with van der Waals surface area (Å²) >= 11 is 0. The van der Waals surface area contributed by atoms with Crippen LogP contribution in [0.15, 0.2) is 24.3 Å². The van der Waals surface area contributed by atoms with Crippen LogP contribution >= 0.6 is 0 Å². The molecule has 2 nitrogen and oxygen atoms in total. The summed E-state index contributed by atoms with van der Waals surface area (Å²) in [5, 5.41) is 0. The average molecular weight is 248 g/mol. The maximum Gasteiger partial charge on any atom is 0.311 e. The first-order valence-electron chi connectivity index (χ1n) is 6.91. The number of ether oxygens (including phenoxy) is 1. The lowest BCUT2D eigenvalue weighted by Gasteiger charge is -2.07. The Hall–Kier alpha value is -1.31. The van der Waals surface area contributed by atoms with E-state index >= 15 is 0 Å². The zero-order valence-electron chi connectivity index (χ0n) is 11.7. The van der Waals surface area contributed by atoms with Gasteiger partial charge in [0.15, 0.2) is 0 Å². The number of hydrogen-bond donors (Lipinski definition) is 0. The number of rotatable bonds is 7. The molecular weight excluding hydrogens is 224 g/mol. The molecule has 2 heteroatoms. The molecule has 0 amide bonds. The van der Waals surface area contributed by atoms with E-state index in [1.807, 2.05) is 24.3 Å². The third kappa shape index (κ3) is 5.85. The van der Waals surface area contributed by atoms with Crippen LogP contribution in [0.1, 0.15) is 52.0 Å². The van der Waals surface area contributed by atoms with Crippen molar-refractivity contribution >= 4 is 5.97 Å². The van der Waals surface area contributed by atoms with Crippen LogP contribution in [0, 0.1) is 5.92 Å². The summed E-state index contributed by atoms with van der Waals surface area (Å²) in [6, 6.07) is 7.84. The van der Waals surface area contributed by atoms with E-state index in [2.05, 4.69) is 20.8 Å². The molecule has 0 N–H and O–H groups in total. The molecule has 1 rings (SSSR count). The molecule has 0 saturated carbocycles. The Kier molecular flexibility index (Phi) is 6.48. The van der Waals surface area contributed by atoms with E-state index in [0.29, 0.717) is 18.1 Å². The highest BCUT2D eigenvalue weighted by Gasteiger charge is 2.04. The van der Waals surface area contributed by atoms with Crippen LogP contribution in [-0.2, 0) is 11.2 Å². The lowest BCUT2D eigenvalue weighted by atomic mass is 10.0. The van der Waals surface area contributed by atoms with Crippen molar-refractivity contribution in [3.8, 4) is 5.75 Å². The zero-order valence-corrected chi connectivity index (χ0v) is 11.7. The first-order valence-corrected chi connectivity index (χ1v) is 6.91. The Morgan fingerprint density at radius 3 is 2.39 bits per heavy atom. The zero-order chi connectivity index (χ0) is 13.4. The van der Waals surface area contributed by atoms with Crippen LogP contribution < -0.4 is 4.74 Å². The molecule has 0 atom stereocenters. The maximum atomic E-state index is 11.5. The minimum atomic E-state index is -0.125. The first kappa shape index (κ1) is 14.7. The molecule has 100 valence electrons. The molecular formula is C16H24O2. The largest absolute Gasteiger partial charge is 0.427 e. The third-order valence-electron chi connectivity index (χ3n) is 2.78. The van der Waals surface area contributed by atoms with E-state index in [1.54, 1.807) is 0 Å². The third-order valence-corrected chi connectivity index (χ3v) is 2.78. The number of carbonyl (C=O) groups is 1. The predicted molar refractivity (Wildman–Crippen MR) is 74.8 cm³/mol. The van der Waals surface area contributed by atoms with Crippen LogP contribution in [0.3, 0.4) is 0 Å². The van der Waals surface area contributed by atoms with Crippen molar-refractivity contribution in [1.29, 1.82) is 0 Å². The molecule has 0 aromatic heterocycles. The summed E-state index contributed by atoms with van der Waals surface area (Å²) in [7, 11) is 0. The Morgan fingerprint density at radius 2 is 1.83 bits per heavy atom. The molecule has 18 heavy (non-hydrogen) atoms. The summed E-state index contributed by atoms with van der Waals surface area (Å²) in [5.41, 5.74) is 1.29. The summed E-state index contributed by atoms with van der Waals surface area (Å²) in [4.78, 5) is 11.5. The molecule has 0 bridgehead atoms. The molecule has 0 aliphatic rings. The van der Waals surface area contributed by atoms with Gasteiger partial charge in [0, 0.05) is 6.42 Å². The van der Waals surface area contributed by atoms with Crippen molar-refractivity contribution in [2.24, 2.45) is 5.92 Å². The average Bonchev–Trinajstić information content (AvgIpc) is 2.31. The fraction of sp³-hybridized carbons (Fsp3) is 0.562. The summed E-state index contributed by atoms with van der Waals surface area (Å²) in [6.07, 6.45) is 4.70. The van der Waals surface area contributed by atoms with Crippen molar-refractivity contribution in [2.45, 2.75) is 52.9 Å². The highest BCUT2D eigenvalue weighted by Crippen LogP contribution is 2.16. The number of unbranched alkanes of at least 4 members (excludes halogenated alkanes) is 2. The molecule has 0 unspecified atom stereocenters. The second-order valence-corrected chi connectivity index (χ2v) is 5.17. The van der Waals surface area contributed by atoms with Crippen LogP contribution in [0.4, 0.5) is 0 Å². The molecule has 0 heterocycles. The smallest absolute Gasteiger partial charge is 0.311 e. The van der Waals surface area contributed by atoms with Gasteiger partial charge in [-0.05, 0) is 36.5 Å². The van der Waals surface area contributed by atoms with Gasteiger partial charge in [-0.1, -0.05) is 45.7 Å². The molecule has 0 fully saturated rings. The van der Waals surface area contributed by atoms with Crippen molar-refractivity contribution in [3.63, 3.8) is 0 Å². The molecule has 0 aliphatic carbocycles. The van der Waals surface area contributed by atoms with E-state index < -0.39 is 0 Å². The van der Waals surface area contributed by atoms with Crippen molar-refractivity contribution in [2.75, 3.05) is 0 Å². The van der Waals surface area contributed by atoms with Crippen LogP contribution in [-0.4, -0.2) is 5.97 Å². The number of benzene rings is 1. The number of carbonyl (C=O) groups excluding carboxylic acids is 1. The Bertz CT molecular complexity index is 352. The Morgan fingerprint density at radius 1 is 1.17 bits per heavy atom. The van der Waals surface area contributed by atoms with Gasteiger partial charge in [-0.25, -0.2) is 0 Å². The summed E-state index contributed by atoms with van der Waals surface area (Å²) in [6.45, 7) is 6.52. The van der Waals surface area contributed by atoms with Gasteiger partial charge in [0.1, 0.15) is 5.75 Å². The van der Waals surface area contributed by atoms with Gasteiger partial charge in [-0.15, -0.1) is 0 Å². The van der Waals surface area contributed by atoms with E-state index in [9.17, 15) is 4.79 Å². The predicted octanol–water partition coefficient (Wildman–Crippen LogP) is 4.37. The van der Waals surface area contributed by atoms with Gasteiger partial charge in [-0.3, -0.25) is 4.79 Å². The van der Waals surface area contributed by atoms with Gasteiger partial charge >= 0.3 is 5.97 Å². The van der Waals surface area contributed by atoms with E-state index in [0.717, 1.165) is 25.7 Å². The van der Waals surface area contributed by atoms with Gasteiger partial charge in [0.25, 0.3) is 0 Å². The Labute approximate surface area is 110 Å². The van der Waals surface area contributed by atoms with Gasteiger partial charge in [0.05, 0.1) is 0 Å². The summed E-state index contributed by atoms with van der Waals surface area (Å²) in [5.74, 6) is 1.18. The van der Waals surface area contributed by atoms with Crippen LogP contribution in [0.25, 0.3) is 0 Å². The monoisotopic (exact) mass is 248 g/mol. The minimum Gasteiger partial charge on any atom is -0.427 e. The minimum absolute atomic E-state index is 0.125. The van der Waals surface area contributed by atoms with Crippen molar-refractivity contribution in [1.82, 2.24) is 0 Å². The second-order valence-electron chi connectivity index (χ2n) is 5.17. The highest BCUT2D eigenvalue weighted by atomic mass is 16.5. The second kappa shape index (κ2) is 7.91. The van der Waals surface area contributed by atoms with Gasteiger partial charge in [0.2, 0.25) is 0 Å². The fourth-order valence-corrected chi connectivity index (χ4v) is 1.87. The van der Waals surface area contributed by atoms with E-state index in [4.69, 9.17) is 4.74 Å². The highest BCUT2D eigenvalue weighted by molar-refractivity contribution is 5.72. The lowest BCUT2D eigenvalue weighted by Crippen LogP contribution is -2.07. The topological polar surface area (TPSA) is 26.3 Å². The van der Waals surface area contributed by atoms with E-state index in [1.165, 1.54) is 5.56 Å². The molecule has 0 spiro atoms. The van der Waals surface area contributed by atoms with Crippen LogP contribution in [0.2, 0.25) is 0 Å². The van der Waals surface area contributed by atoms with Gasteiger partial charge < -0.3 is 4.74 Å². The standard InChI is InChI=1S/C16H24O2/c1-4-5-6-7-16(17)18-15-10-8-14(9-11-15)12-13(2)3/h8-11,13H,4-7,12H2,1-3H3.